The van der Waals surface area contributed by atoms with Crippen molar-refractivity contribution in [2.75, 3.05) is 26.2 Å². The number of hydrogen-bond donors (Lipinski definition) is 0. The van der Waals surface area contributed by atoms with E-state index in [-0.39, 0.29) is 0 Å². The second kappa shape index (κ2) is 6.99. The van der Waals surface area contributed by atoms with Crippen LogP contribution in [0.25, 0.3) is 0 Å². The van der Waals surface area contributed by atoms with E-state index in [0.717, 1.165) is 45.0 Å². The summed E-state index contributed by atoms with van der Waals surface area (Å²) in [6, 6.07) is 8.52. The van der Waals surface area contributed by atoms with E-state index in [2.05, 4.69) is 44.4 Å². The van der Waals surface area contributed by atoms with Crippen LogP contribution in [-0.4, -0.2) is 47.1 Å². The monoisotopic (exact) mass is 329 g/mol. The predicted molar refractivity (Wildman–Crippen MR) is 92.8 cm³/mol. The maximum atomic E-state index is 6.05. The van der Waals surface area contributed by atoms with Crippen molar-refractivity contribution in [3.63, 3.8) is 0 Å². The topological polar surface area (TPSA) is 28.6 Å². The number of nitrogens with zero attached hydrogens (tertiary/aromatic N) is 3. The maximum Gasteiger partial charge on any atom is 0.124 e. The van der Waals surface area contributed by atoms with E-state index in [1.807, 2.05) is 5.51 Å². The SMILES string of the molecule is c1ccc(OC2CC2)c(CN2CCN(Cc3cscn3)CC2)c1. The molecule has 0 amide bonds. The number of rotatable bonds is 6. The van der Waals surface area contributed by atoms with E-state index in [1.165, 1.54) is 24.1 Å². The lowest BCUT2D eigenvalue weighted by Crippen LogP contribution is -2.45. The maximum absolute atomic E-state index is 6.05. The van der Waals surface area contributed by atoms with Crippen LogP contribution in [0.1, 0.15) is 24.1 Å². The van der Waals surface area contributed by atoms with E-state index >= 15 is 0 Å². The van der Waals surface area contributed by atoms with Crippen LogP contribution in [0.15, 0.2) is 35.2 Å². The summed E-state index contributed by atoms with van der Waals surface area (Å²) >= 11 is 1.68. The highest BCUT2D eigenvalue weighted by Gasteiger charge is 2.25. The zero-order valence-corrected chi connectivity index (χ0v) is 14.2. The molecule has 1 aliphatic carbocycles. The van der Waals surface area contributed by atoms with Gasteiger partial charge in [0.05, 0.1) is 17.3 Å². The molecule has 2 fully saturated rings. The Morgan fingerprint density at radius 2 is 1.78 bits per heavy atom. The summed E-state index contributed by atoms with van der Waals surface area (Å²) in [6.45, 7) is 6.43. The molecule has 5 heteroatoms. The summed E-state index contributed by atoms with van der Waals surface area (Å²) in [6.07, 6.45) is 2.89. The third kappa shape index (κ3) is 4.10. The first-order valence-corrected chi connectivity index (χ1v) is 9.37. The molecule has 2 aliphatic rings. The lowest BCUT2D eigenvalue weighted by Gasteiger charge is -2.34. The minimum atomic E-state index is 0.464. The Hall–Kier alpha value is -1.43. The number of para-hydroxylation sites is 1. The van der Waals surface area contributed by atoms with Gasteiger partial charge in [-0.05, 0) is 18.9 Å². The summed E-state index contributed by atoms with van der Waals surface area (Å²) in [5.41, 5.74) is 4.45. The largest absolute Gasteiger partial charge is 0.490 e. The lowest BCUT2D eigenvalue weighted by atomic mass is 10.1. The van der Waals surface area contributed by atoms with Crippen molar-refractivity contribution >= 4 is 11.3 Å². The fourth-order valence-corrected chi connectivity index (χ4v) is 3.56. The van der Waals surface area contributed by atoms with E-state index in [4.69, 9.17) is 4.74 Å². The lowest BCUT2D eigenvalue weighted by molar-refractivity contribution is 0.120. The van der Waals surface area contributed by atoms with Gasteiger partial charge >= 0.3 is 0 Å². The molecule has 1 saturated carbocycles. The third-order valence-corrected chi connectivity index (χ3v) is 5.15. The predicted octanol–water partition coefficient (Wildman–Crippen LogP) is 3.00. The van der Waals surface area contributed by atoms with Gasteiger partial charge in [-0.25, -0.2) is 4.98 Å². The molecule has 1 aromatic heterocycles. The first-order chi connectivity index (χ1) is 11.4. The zero-order chi connectivity index (χ0) is 15.5. The van der Waals surface area contributed by atoms with Gasteiger partial charge < -0.3 is 4.74 Å². The summed E-state index contributed by atoms with van der Waals surface area (Å²) in [7, 11) is 0. The smallest absolute Gasteiger partial charge is 0.124 e. The molecule has 1 aromatic carbocycles. The van der Waals surface area contributed by atoms with Gasteiger partial charge in [0.1, 0.15) is 5.75 Å². The van der Waals surface area contributed by atoms with Crippen LogP contribution in [0.3, 0.4) is 0 Å². The first kappa shape index (κ1) is 15.1. The van der Waals surface area contributed by atoms with Crippen molar-refractivity contribution in [3.8, 4) is 5.75 Å². The molecule has 0 atom stereocenters. The van der Waals surface area contributed by atoms with Crippen molar-refractivity contribution in [1.29, 1.82) is 0 Å². The van der Waals surface area contributed by atoms with Crippen LogP contribution in [0.4, 0.5) is 0 Å². The highest BCUT2D eigenvalue weighted by molar-refractivity contribution is 7.07. The number of ether oxygens (including phenoxy) is 1. The minimum Gasteiger partial charge on any atom is -0.490 e. The quantitative estimate of drug-likeness (QED) is 0.814. The van der Waals surface area contributed by atoms with E-state index in [0.29, 0.717) is 6.10 Å². The van der Waals surface area contributed by atoms with E-state index < -0.39 is 0 Å². The van der Waals surface area contributed by atoms with Crippen molar-refractivity contribution in [1.82, 2.24) is 14.8 Å². The standard InChI is InChI=1S/C18H23N3OS/c1-2-4-18(22-17-5-6-17)15(3-1)11-20-7-9-21(10-8-20)12-16-13-23-14-19-16/h1-4,13-14,17H,5-12H2. The molecule has 4 rings (SSSR count). The van der Waals surface area contributed by atoms with Gasteiger partial charge in [-0.3, -0.25) is 9.80 Å². The Balaban J connectivity index is 1.31. The van der Waals surface area contributed by atoms with E-state index in [9.17, 15) is 0 Å². The van der Waals surface area contributed by atoms with Gasteiger partial charge in [0.2, 0.25) is 0 Å². The van der Waals surface area contributed by atoms with Crippen molar-refractivity contribution in [3.05, 3.63) is 46.4 Å². The van der Waals surface area contributed by atoms with Crippen molar-refractivity contribution in [2.45, 2.75) is 32.0 Å². The summed E-state index contributed by atoms with van der Waals surface area (Å²) in [4.78, 5) is 9.42. The summed E-state index contributed by atoms with van der Waals surface area (Å²) in [5, 5.41) is 2.15. The average Bonchev–Trinajstić information content (AvgIpc) is 3.24. The molecule has 0 bridgehead atoms. The number of aromatic nitrogens is 1. The summed E-state index contributed by atoms with van der Waals surface area (Å²) < 4.78 is 6.05. The van der Waals surface area contributed by atoms with Crippen LogP contribution < -0.4 is 4.74 Å². The van der Waals surface area contributed by atoms with Crippen LogP contribution in [0, 0.1) is 0 Å². The number of piperazine rings is 1. The van der Waals surface area contributed by atoms with Gasteiger partial charge in [-0.1, -0.05) is 18.2 Å². The van der Waals surface area contributed by atoms with Crippen LogP contribution in [0.2, 0.25) is 0 Å². The molecule has 0 spiro atoms. The summed E-state index contributed by atoms with van der Waals surface area (Å²) in [5.74, 6) is 1.08. The van der Waals surface area contributed by atoms with Gasteiger partial charge in [-0.15, -0.1) is 11.3 Å². The second-order valence-corrected chi connectivity index (χ2v) is 7.18. The molecule has 1 aliphatic heterocycles. The highest BCUT2D eigenvalue weighted by atomic mass is 32.1. The molecule has 0 N–H and O–H groups in total. The number of hydrogen-bond acceptors (Lipinski definition) is 5. The Morgan fingerprint density at radius 1 is 1.04 bits per heavy atom. The molecular formula is C18H23N3OS. The average molecular weight is 329 g/mol. The van der Waals surface area contributed by atoms with Gasteiger partial charge in [0.15, 0.2) is 0 Å². The zero-order valence-electron chi connectivity index (χ0n) is 13.4. The fourth-order valence-electron chi connectivity index (χ4n) is 3.01. The highest BCUT2D eigenvalue weighted by Crippen LogP contribution is 2.29. The molecule has 4 nitrogen and oxygen atoms in total. The minimum absolute atomic E-state index is 0.464. The molecule has 23 heavy (non-hydrogen) atoms. The fraction of sp³-hybridized carbons (Fsp3) is 0.500. The molecular weight excluding hydrogens is 306 g/mol. The van der Waals surface area contributed by atoms with Crippen LogP contribution in [0.5, 0.6) is 5.75 Å². The molecule has 2 heterocycles. The Bertz CT molecular complexity index is 619. The van der Waals surface area contributed by atoms with Gasteiger partial charge in [0.25, 0.3) is 0 Å². The molecule has 122 valence electrons. The normalized spacial score (nSPS) is 19.8. The van der Waals surface area contributed by atoms with Gasteiger partial charge in [-0.2, -0.15) is 0 Å². The Kier molecular flexibility index (Phi) is 4.60. The molecule has 0 unspecified atom stereocenters. The van der Waals surface area contributed by atoms with Crippen LogP contribution >= 0.6 is 11.3 Å². The third-order valence-electron chi connectivity index (χ3n) is 4.52. The Labute approximate surface area is 141 Å². The molecule has 2 aromatic rings. The number of thiazole rings is 1. The number of benzene rings is 1. The Morgan fingerprint density at radius 3 is 2.48 bits per heavy atom. The molecule has 1 saturated heterocycles. The van der Waals surface area contributed by atoms with Crippen molar-refractivity contribution in [2.24, 2.45) is 0 Å². The first-order valence-electron chi connectivity index (χ1n) is 8.43. The molecule has 0 radical (unpaired) electrons. The van der Waals surface area contributed by atoms with Crippen molar-refractivity contribution < 1.29 is 4.74 Å². The second-order valence-electron chi connectivity index (χ2n) is 6.46. The van der Waals surface area contributed by atoms with Crippen LogP contribution in [-0.2, 0) is 13.1 Å². The van der Waals surface area contributed by atoms with Gasteiger partial charge in [0, 0.05) is 50.2 Å². The van der Waals surface area contributed by atoms with E-state index in [1.54, 1.807) is 11.3 Å².